The maximum absolute atomic E-state index is 13.8. The molecule has 2 aromatic carbocycles. The number of fused-ring (bicyclic) bond motifs is 1. The van der Waals surface area contributed by atoms with Crippen molar-refractivity contribution in [1.29, 1.82) is 0 Å². The van der Waals surface area contributed by atoms with Crippen LogP contribution in [0.3, 0.4) is 0 Å². The highest BCUT2D eigenvalue weighted by molar-refractivity contribution is 6.02. The number of carbonyl (C=O) groups is 2. The summed E-state index contributed by atoms with van der Waals surface area (Å²) in [6.45, 7) is 1.76. The van der Waals surface area contributed by atoms with E-state index in [9.17, 15) is 9.59 Å². The van der Waals surface area contributed by atoms with Gasteiger partial charge in [0.15, 0.2) is 0 Å². The van der Waals surface area contributed by atoms with Crippen LogP contribution in [0.5, 0.6) is 5.75 Å². The summed E-state index contributed by atoms with van der Waals surface area (Å²) in [5.74, 6) is 0.445. The number of nitrogens with one attached hydrogen (secondary N) is 1. The van der Waals surface area contributed by atoms with Gasteiger partial charge in [-0.2, -0.15) is 0 Å². The number of hydrogen-bond donors (Lipinski definition) is 1. The average molecular weight is 449 g/mol. The Bertz CT molecular complexity index is 1010. The van der Waals surface area contributed by atoms with Crippen LogP contribution < -0.4 is 10.1 Å². The van der Waals surface area contributed by atoms with Crippen LogP contribution in [0.15, 0.2) is 48.5 Å². The molecule has 0 bridgehead atoms. The molecule has 1 saturated heterocycles. The third kappa shape index (κ3) is 4.01. The molecule has 2 amide bonds. The minimum Gasteiger partial charge on any atom is -0.497 e. The summed E-state index contributed by atoms with van der Waals surface area (Å²) >= 11 is 0. The molecule has 2 aromatic rings. The molecule has 5 rings (SSSR count). The quantitative estimate of drug-likeness (QED) is 0.724. The van der Waals surface area contributed by atoms with Gasteiger partial charge in [-0.25, -0.2) is 0 Å². The lowest BCUT2D eigenvalue weighted by Gasteiger charge is -2.50. The van der Waals surface area contributed by atoms with E-state index in [0.717, 1.165) is 62.0 Å². The predicted molar refractivity (Wildman–Crippen MR) is 125 cm³/mol. The highest BCUT2D eigenvalue weighted by Gasteiger charge is 2.55. The first kappa shape index (κ1) is 22.0. The molecule has 1 spiro atoms. The number of amides is 2. The number of ether oxygens (including phenoxy) is 2. The predicted octanol–water partition coefficient (Wildman–Crippen LogP) is 4.04. The third-order valence-corrected chi connectivity index (χ3v) is 7.59. The van der Waals surface area contributed by atoms with Crippen molar-refractivity contribution in [1.82, 2.24) is 10.2 Å². The molecule has 1 saturated carbocycles. The Kier molecular flexibility index (Phi) is 6.11. The Morgan fingerprint density at radius 2 is 1.88 bits per heavy atom. The summed E-state index contributed by atoms with van der Waals surface area (Å²) in [6, 6.07) is 15.4. The monoisotopic (exact) mass is 448 g/mol. The normalized spacial score (nSPS) is 23.5. The molecule has 0 aromatic heterocycles. The zero-order chi connectivity index (χ0) is 22.8. The lowest BCUT2D eigenvalue weighted by atomic mass is 9.71. The summed E-state index contributed by atoms with van der Waals surface area (Å²) < 4.78 is 11.1. The van der Waals surface area contributed by atoms with Crippen LogP contribution in [-0.2, 0) is 16.1 Å². The first-order valence-corrected chi connectivity index (χ1v) is 12.1. The second kappa shape index (κ2) is 9.18. The zero-order valence-corrected chi connectivity index (χ0v) is 19.2. The highest BCUT2D eigenvalue weighted by atomic mass is 16.5. The topological polar surface area (TPSA) is 67.9 Å². The van der Waals surface area contributed by atoms with Crippen molar-refractivity contribution < 1.29 is 19.1 Å². The van der Waals surface area contributed by atoms with Crippen LogP contribution >= 0.6 is 0 Å². The smallest absolute Gasteiger partial charge is 0.254 e. The lowest BCUT2D eigenvalue weighted by Crippen LogP contribution is -2.62. The van der Waals surface area contributed by atoms with Crippen molar-refractivity contribution in [3.63, 3.8) is 0 Å². The van der Waals surface area contributed by atoms with Gasteiger partial charge >= 0.3 is 0 Å². The standard InChI is InChI=1S/C27H32N2O4/c1-32-20-12-10-19(11-13-20)17-28-25(30)24-22-8-2-3-9-23(22)26(31)29(18-21-7-6-16-33-21)27(24)14-4-5-15-27/h2-3,8-13,21,24H,4-7,14-18H2,1H3,(H,28,30). The van der Waals surface area contributed by atoms with Crippen LogP contribution in [0, 0.1) is 0 Å². The first-order valence-electron chi connectivity index (χ1n) is 12.1. The Labute approximate surface area is 195 Å². The van der Waals surface area contributed by atoms with Crippen molar-refractivity contribution in [3.8, 4) is 5.75 Å². The van der Waals surface area contributed by atoms with E-state index in [1.807, 2.05) is 53.4 Å². The van der Waals surface area contributed by atoms with Crippen LogP contribution in [0.2, 0.25) is 0 Å². The van der Waals surface area contributed by atoms with Crippen molar-refractivity contribution in [2.24, 2.45) is 0 Å². The van der Waals surface area contributed by atoms with Gasteiger partial charge < -0.3 is 19.7 Å². The Hall–Kier alpha value is -2.86. The molecule has 33 heavy (non-hydrogen) atoms. The highest BCUT2D eigenvalue weighted by Crippen LogP contribution is 2.50. The molecule has 174 valence electrons. The van der Waals surface area contributed by atoms with Crippen molar-refractivity contribution in [2.75, 3.05) is 20.3 Å². The van der Waals surface area contributed by atoms with Gasteiger partial charge in [0.05, 0.1) is 24.7 Å². The van der Waals surface area contributed by atoms with Gasteiger partial charge in [0.2, 0.25) is 5.91 Å². The molecule has 3 aliphatic rings. The molecule has 1 aliphatic carbocycles. The van der Waals surface area contributed by atoms with Crippen LogP contribution in [0.4, 0.5) is 0 Å². The van der Waals surface area contributed by atoms with Gasteiger partial charge in [-0.1, -0.05) is 43.2 Å². The van der Waals surface area contributed by atoms with Crippen LogP contribution in [0.25, 0.3) is 0 Å². The lowest BCUT2D eigenvalue weighted by molar-refractivity contribution is -0.127. The summed E-state index contributed by atoms with van der Waals surface area (Å²) in [7, 11) is 1.64. The van der Waals surface area contributed by atoms with Gasteiger partial charge in [-0.3, -0.25) is 9.59 Å². The molecular weight excluding hydrogens is 416 g/mol. The second-order valence-electron chi connectivity index (χ2n) is 9.45. The maximum atomic E-state index is 13.8. The van der Waals surface area contributed by atoms with Crippen molar-refractivity contribution >= 4 is 11.8 Å². The maximum Gasteiger partial charge on any atom is 0.254 e. The fourth-order valence-electron chi connectivity index (χ4n) is 5.96. The molecule has 6 heteroatoms. The van der Waals surface area contributed by atoms with Gasteiger partial charge in [0.1, 0.15) is 5.75 Å². The van der Waals surface area contributed by atoms with Gasteiger partial charge in [-0.15, -0.1) is 0 Å². The minimum atomic E-state index is -0.485. The van der Waals surface area contributed by atoms with E-state index in [-0.39, 0.29) is 23.8 Å². The molecule has 2 atom stereocenters. The Morgan fingerprint density at radius 3 is 2.58 bits per heavy atom. The molecule has 2 heterocycles. The number of nitrogens with zero attached hydrogens (tertiary/aromatic N) is 1. The number of benzene rings is 2. The Morgan fingerprint density at radius 1 is 1.12 bits per heavy atom. The zero-order valence-electron chi connectivity index (χ0n) is 19.2. The average Bonchev–Trinajstić information content (AvgIpc) is 3.54. The van der Waals surface area contributed by atoms with Crippen molar-refractivity contribution in [2.45, 2.75) is 62.6 Å². The number of methoxy groups -OCH3 is 1. The first-order chi connectivity index (χ1) is 16.1. The van der Waals surface area contributed by atoms with Crippen LogP contribution in [-0.4, -0.2) is 48.6 Å². The van der Waals surface area contributed by atoms with E-state index >= 15 is 0 Å². The van der Waals surface area contributed by atoms with E-state index in [0.29, 0.717) is 18.7 Å². The van der Waals surface area contributed by atoms with E-state index in [2.05, 4.69) is 5.32 Å². The molecule has 2 aliphatic heterocycles. The van der Waals surface area contributed by atoms with Gasteiger partial charge in [0.25, 0.3) is 5.91 Å². The molecule has 0 radical (unpaired) electrons. The Balaban J connectivity index is 1.46. The molecule has 2 fully saturated rings. The van der Waals surface area contributed by atoms with E-state index in [1.165, 1.54) is 0 Å². The van der Waals surface area contributed by atoms with E-state index in [4.69, 9.17) is 9.47 Å². The van der Waals surface area contributed by atoms with E-state index in [1.54, 1.807) is 7.11 Å². The SMILES string of the molecule is COc1ccc(CNC(=O)C2c3ccccc3C(=O)N(CC3CCCO3)C23CCCC3)cc1. The number of hydrogen-bond acceptors (Lipinski definition) is 4. The molecular formula is C27H32N2O4. The second-order valence-corrected chi connectivity index (χ2v) is 9.45. The summed E-state index contributed by atoms with van der Waals surface area (Å²) in [5.41, 5.74) is 2.04. The minimum absolute atomic E-state index is 0.00925. The van der Waals surface area contributed by atoms with Crippen molar-refractivity contribution in [3.05, 3.63) is 65.2 Å². The van der Waals surface area contributed by atoms with Crippen LogP contribution in [0.1, 0.15) is 65.9 Å². The fourth-order valence-corrected chi connectivity index (χ4v) is 5.96. The molecule has 1 N–H and O–H groups in total. The molecule has 6 nitrogen and oxygen atoms in total. The summed E-state index contributed by atoms with van der Waals surface area (Å²) in [6.07, 6.45) is 5.80. The third-order valence-electron chi connectivity index (χ3n) is 7.59. The number of rotatable bonds is 6. The molecule has 2 unspecified atom stereocenters. The van der Waals surface area contributed by atoms with E-state index < -0.39 is 5.54 Å². The van der Waals surface area contributed by atoms with Gasteiger partial charge in [-0.05, 0) is 55.0 Å². The van der Waals surface area contributed by atoms with Gasteiger partial charge in [0, 0.05) is 25.3 Å². The largest absolute Gasteiger partial charge is 0.497 e. The summed E-state index contributed by atoms with van der Waals surface area (Å²) in [4.78, 5) is 29.5. The number of carbonyl (C=O) groups excluding carboxylic acids is 2. The fraction of sp³-hybridized carbons (Fsp3) is 0.481. The summed E-state index contributed by atoms with van der Waals surface area (Å²) in [5, 5.41) is 3.18.